The molecule has 1 heterocycles. The third-order valence-electron chi connectivity index (χ3n) is 2.89. The zero-order valence-corrected chi connectivity index (χ0v) is 6.51. The molecule has 1 aliphatic carbocycles. The molecule has 0 aromatic rings. The highest BCUT2D eigenvalue weighted by atomic mass is 16.5. The molecular formula is C9H16O. The third-order valence-corrected chi connectivity index (χ3v) is 2.89. The number of hydrogen-bond acceptors (Lipinski definition) is 1. The maximum atomic E-state index is 5.68. The summed E-state index contributed by atoms with van der Waals surface area (Å²) >= 11 is 0. The SMILES string of the molecule is C1CCC2OCCCC2C1. The van der Waals surface area contributed by atoms with Crippen molar-refractivity contribution in [3.05, 3.63) is 0 Å². The number of hydrogen-bond donors (Lipinski definition) is 0. The number of rotatable bonds is 0. The largest absolute Gasteiger partial charge is 0.378 e. The Balaban J connectivity index is 1.93. The first-order valence-corrected chi connectivity index (χ1v) is 4.58. The van der Waals surface area contributed by atoms with E-state index in [0.29, 0.717) is 6.10 Å². The molecule has 0 radical (unpaired) electrons. The van der Waals surface area contributed by atoms with E-state index in [1.54, 1.807) is 0 Å². The van der Waals surface area contributed by atoms with Crippen LogP contribution in [0.2, 0.25) is 0 Å². The molecule has 0 bridgehead atoms. The Kier molecular flexibility index (Phi) is 1.94. The molecule has 1 aliphatic heterocycles. The molecule has 2 unspecified atom stereocenters. The van der Waals surface area contributed by atoms with Crippen molar-refractivity contribution in [3.63, 3.8) is 0 Å². The quantitative estimate of drug-likeness (QED) is 0.502. The van der Waals surface area contributed by atoms with Crippen molar-refractivity contribution in [1.82, 2.24) is 0 Å². The van der Waals surface area contributed by atoms with Gasteiger partial charge in [0.25, 0.3) is 0 Å². The molecule has 1 saturated heterocycles. The summed E-state index contributed by atoms with van der Waals surface area (Å²) in [6.07, 6.45) is 9.02. The van der Waals surface area contributed by atoms with Crippen LogP contribution in [0.4, 0.5) is 0 Å². The Bertz CT molecular complexity index is 85.3. The standard InChI is InChI=1S/C9H16O/c1-2-6-9-8(4-1)5-3-7-10-9/h8-9H,1-7H2. The average Bonchev–Trinajstić information content (AvgIpc) is 2.05. The molecule has 2 rings (SSSR count). The van der Waals surface area contributed by atoms with Gasteiger partial charge in [0.1, 0.15) is 0 Å². The fourth-order valence-electron chi connectivity index (χ4n) is 2.30. The van der Waals surface area contributed by atoms with Gasteiger partial charge in [-0.1, -0.05) is 12.8 Å². The molecule has 0 N–H and O–H groups in total. The summed E-state index contributed by atoms with van der Waals surface area (Å²) in [4.78, 5) is 0. The predicted octanol–water partition coefficient (Wildman–Crippen LogP) is 2.36. The summed E-state index contributed by atoms with van der Waals surface area (Å²) in [5, 5.41) is 0. The van der Waals surface area contributed by atoms with E-state index in [1.807, 2.05) is 0 Å². The zero-order valence-electron chi connectivity index (χ0n) is 6.51. The first kappa shape index (κ1) is 6.66. The lowest BCUT2D eigenvalue weighted by atomic mass is 9.82. The Labute approximate surface area is 62.8 Å². The molecule has 1 saturated carbocycles. The van der Waals surface area contributed by atoms with Crippen LogP contribution in [-0.2, 0) is 4.74 Å². The van der Waals surface area contributed by atoms with Crippen molar-refractivity contribution in [2.24, 2.45) is 5.92 Å². The zero-order chi connectivity index (χ0) is 6.81. The van der Waals surface area contributed by atoms with E-state index < -0.39 is 0 Å². The topological polar surface area (TPSA) is 9.23 Å². The van der Waals surface area contributed by atoms with Crippen molar-refractivity contribution >= 4 is 0 Å². The lowest BCUT2D eigenvalue weighted by Gasteiger charge is -2.35. The van der Waals surface area contributed by atoms with Crippen molar-refractivity contribution in [2.45, 2.75) is 44.6 Å². The van der Waals surface area contributed by atoms with Gasteiger partial charge >= 0.3 is 0 Å². The van der Waals surface area contributed by atoms with Crippen LogP contribution in [0.15, 0.2) is 0 Å². The molecule has 0 aromatic carbocycles. The molecule has 1 heteroatoms. The third kappa shape index (κ3) is 1.20. The summed E-state index contributed by atoms with van der Waals surface area (Å²) in [5.41, 5.74) is 0. The average molecular weight is 140 g/mol. The molecular weight excluding hydrogens is 124 g/mol. The molecule has 2 fully saturated rings. The smallest absolute Gasteiger partial charge is 0.0603 e. The van der Waals surface area contributed by atoms with Gasteiger partial charge in [0.05, 0.1) is 6.10 Å². The Morgan fingerprint density at radius 1 is 0.900 bits per heavy atom. The van der Waals surface area contributed by atoms with Crippen LogP contribution in [-0.4, -0.2) is 12.7 Å². The van der Waals surface area contributed by atoms with Gasteiger partial charge in [-0.3, -0.25) is 0 Å². The lowest BCUT2D eigenvalue weighted by Crippen LogP contribution is -2.31. The predicted molar refractivity (Wildman–Crippen MR) is 40.9 cm³/mol. The van der Waals surface area contributed by atoms with E-state index in [-0.39, 0.29) is 0 Å². The summed E-state index contributed by atoms with van der Waals surface area (Å²) in [6, 6.07) is 0. The summed E-state index contributed by atoms with van der Waals surface area (Å²) in [7, 11) is 0. The van der Waals surface area contributed by atoms with Gasteiger partial charge in [0, 0.05) is 6.61 Å². The van der Waals surface area contributed by atoms with Gasteiger partial charge in [-0.25, -0.2) is 0 Å². The summed E-state index contributed by atoms with van der Waals surface area (Å²) < 4.78 is 5.68. The van der Waals surface area contributed by atoms with Crippen LogP contribution in [0.3, 0.4) is 0 Å². The summed E-state index contributed by atoms with van der Waals surface area (Å²) in [5.74, 6) is 0.933. The second-order valence-corrected chi connectivity index (χ2v) is 3.60. The molecule has 2 aliphatic rings. The highest BCUT2D eigenvalue weighted by molar-refractivity contribution is 4.78. The minimum atomic E-state index is 0.655. The van der Waals surface area contributed by atoms with Crippen molar-refractivity contribution in [2.75, 3.05) is 6.61 Å². The molecule has 10 heavy (non-hydrogen) atoms. The van der Waals surface area contributed by atoms with Gasteiger partial charge in [-0.15, -0.1) is 0 Å². The van der Waals surface area contributed by atoms with Gasteiger partial charge in [-0.05, 0) is 31.6 Å². The van der Waals surface area contributed by atoms with E-state index in [1.165, 1.54) is 38.5 Å². The van der Waals surface area contributed by atoms with Crippen LogP contribution in [0.5, 0.6) is 0 Å². The first-order valence-electron chi connectivity index (χ1n) is 4.58. The van der Waals surface area contributed by atoms with Gasteiger partial charge in [0.2, 0.25) is 0 Å². The molecule has 0 amide bonds. The maximum absolute atomic E-state index is 5.68. The molecule has 1 nitrogen and oxygen atoms in total. The minimum absolute atomic E-state index is 0.655. The molecule has 58 valence electrons. The highest BCUT2D eigenvalue weighted by Gasteiger charge is 2.27. The van der Waals surface area contributed by atoms with E-state index in [0.717, 1.165) is 12.5 Å². The van der Waals surface area contributed by atoms with Crippen molar-refractivity contribution in [3.8, 4) is 0 Å². The fraction of sp³-hybridized carbons (Fsp3) is 1.00. The van der Waals surface area contributed by atoms with Crippen LogP contribution in [0.25, 0.3) is 0 Å². The van der Waals surface area contributed by atoms with Crippen LogP contribution < -0.4 is 0 Å². The highest BCUT2D eigenvalue weighted by Crippen LogP contribution is 2.32. The van der Waals surface area contributed by atoms with Crippen LogP contribution in [0.1, 0.15) is 38.5 Å². The van der Waals surface area contributed by atoms with Crippen LogP contribution >= 0.6 is 0 Å². The maximum Gasteiger partial charge on any atom is 0.0603 e. The normalized spacial score (nSPS) is 40.8. The lowest BCUT2D eigenvalue weighted by molar-refractivity contribution is -0.0467. The van der Waals surface area contributed by atoms with E-state index >= 15 is 0 Å². The minimum Gasteiger partial charge on any atom is -0.378 e. The van der Waals surface area contributed by atoms with Crippen molar-refractivity contribution in [1.29, 1.82) is 0 Å². The Morgan fingerprint density at radius 3 is 2.60 bits per heavy atom. The molecule has 0 aromatic heterocycles. The van der Waals surface area contributed by atoms with Gasteiger partial charge in [-0.2, -0.15) is 0 Å². The number of fused-ring (bicyclic) bond motifs is 1. The van der Waals surface area contributed by atoms with Crippen LogP contribution in [0, 0.1) is 5.92 Å². The van der Waals surface area contributed by atoms with Gasteiger partial charge in [0.15, 0.2) is 0 Å². The second-order valence-electron chi connectivity index (χ2n) is 3.60. The Hall–Kier alpha value is -0.0400. The summed E-state index contributed by atoms with van der Waals surface area (Å²) in [6.45, 7) is 1.03. The van der Waals surface area contributed by atoms with E-state index in [4.69, 9.17) is 4.74 Å². The molecule has 0 spiro atoms. The number of ether oxygens (including phenoxy) is 1. The second kappa shape index (κ2) is 2.91. The van der Waals surface area contributed by atoms with Gasteiger partial charge < -0.3 is 4.74 Å². The van der Waals surface area contributed by atoms with Crippen molar-refractivity contribution < 1.29 is 4.74 Å². The fourth-order valence-corrected chi connectivity index (χ4v) is 2.30. The van der Waals surface area contributed by atoms with E-state index in [2.05, 4.69) is 0 Å². The van der Waals surface area contributed by atoms with E-state index in [9.17, 15) is 0 Å². The monoisotopic (exact) mass is 140 g/mol. The first-order chi connectivity index (χ1) is 4.97. The molecule has 2 atom stereocenters. The Morgan fingerprint density at radius 2 is 1.70 bits per heavy atom.